The van der Waals surface area contributed by atoms with E-state index in [1.165, 1.54) is 24.3 Å². The maximum atomic E-state index is 13.0. The molecule has 0 aromatic heterocycles. The lowest BCUT2D eigenvalue weighted by Gasteiger charge is -2.28. The van der Waals surface area contributed by atoms with Crippen LogP contribution in [-0.2, 0) is 6.42 Å². The monoisotopic (exact) mass is 336 g/mol. The van der Waals surface area contributed by atoms with Crippen LogP contribution < -0.4 is 0 Å². The fraction of sp³-hybridized carbons (Fsp3) is 0.250. The molecule has 0 amide bonds. The van der Waals surface area contributed by atoms with Gasteiger partial charge in [0.1, 0.15) is 11.5 Å². The van der Waals surface area contributed by atoms with Gasteiger partial charge in [0.05, 0.1) is 11.1 Å². The Hall–Kier alpha value is -2.95. The van der Waals surface area contributed by atoms with Gasteiger partial charge in [0.2, 0.25) is 5.78 Å². The van der Waals surface area contributed by atoms with Crippen molar-refractivity contribution in [2.24, 2.45) is 5.92 Å². The van der Waals surface area contributed by atoms with Crippen molar-refractivity contribution < 1.29 is 24.6 Å². The molecule has 0 saturated heterocycles. The average molecular weight is 336 g/mol. The first kappa shape index (κ1) is 15.6. The molecule has 0 aliphatic heterocycles. The van der Waals surface area contributed by atoms with Crippen LogP contribution in [0.1, 0.15) is 67.5 Å². The normalized spacial score (nSPS) is 18.6. The number of aromatic hydroxyl groups is 2. The number of phenolic OH excluding ortho intramolecular Hbond substituents is 2. The number of phenols is 2. The van der Waals surface area contributed by atoms with Crippen molar-refractivity contribution in [3.63, 3.8) is 0 Å². The predicted octanol–water partition coefficient (Wildman–Crippen LogP) is 3.03. The lowest BCUT2D eigenvalue weighted by Crippen LogP contribution is -2.28. The van der Waals surface area contributed by atoms with Gasteiger partial charge in [-0.25, -0.2) is 0 Å². The fourth-order valence-corrected chi connectivity index (χ4v) is 3.92. The summed E-state index contributed by atoms with van der Waals surface area (Å²) in [5.41, 5.74) is 0.619. The molecule has 5 heteroatoms. The van der Waals surface area contributed by atoms with E-state index in [9.17, 15) is 24.6 Å². The van der Waals surface area contributed by atoms with Gasteiger partial charge in [-0.05, 0) is 30.0 Å². The Kier molecular flexibility index (Phi) is 3.29. The molecule has 1 atom stereocenters. The maximum absolute atomic E-state index is 13.0. The molecule has 2 aromatic carbocycles. The van der Waals surface area contributed by atoms with E-state index in [0.717, 1.165) is 6.42 Å². The fourth-order valence-electron chi connectivity index (χ4n) is 3.92. The second-order valence-electron chi connectivity index (χ2n) is 6.64. The van der Waals surface area contributed by atoms with E-state index >= 15 is 0 Å². The molecule has 0 fully saturated rings. The van der Waals surface area contributed by atoms with Crippen LogP contribution in [0.3, 0.4) is 0 Å². The summed E-state index contributed by atoms with van der Waals surface area (Å²) in [6.07, 6.45) is 1.74. The Balaban J connectivity index is 2.03. The quantitative estimate of drug-likeness (QED) is 0.713. The highest BCUT2D eigenvalue weighted by atomic mass is 16.3. The Bertz CT molecular complexity index is 971. The van der Waals surface area contributed by atoms with Crippen LogP contribution in [0.2, 0.25) is 0 Å². The van der Waals surface area contributed by atoms with E-state index in [4.69, 9.17) is 0 Å². The van der Waals surface area contributed by atoms with Crippen LogP contribution in [0, 0.1) is 5.92 Å². The standard InChI is InChI=1S/C20H16O5/c1-2-9-6-10-8-14(23)17-18(15(10)13(22)7-9)19(24)11-4-3-5-12(21)16(11)20(17)25/h3-5,8-9,21,23H,2,6-7H2,1H3. The molecule has 2 aromatic rings. The Labute approximate surface area is 143 Å². The van der Waals surface area contributed by atoms with Crippen molar-refractivity contribution in [1.29, 1.82) is 0 Å². The second-order valence-corrected chi connectivity index (χ2v) is 6.64. The molecule has 126 valence electrons. The minimum absolute atomic E-state index is 0.0161. The van der Waals surface area contributed by atoms with E-state index in [1.807, 2.05) is 6.92 Å². The smallest absolute Gasteiger partial charge is 0.201 e. The van der Waals surface area contributed by atoms with Crippen LogP contribution >= 0.6 is 0 Å². The number of rotatable bonds is 1. The lowest BCUT2D eigenvalue weighted by molar-refractivity contribution is 0.0930. The number of Topliss-reactive ketones (excluding diaryl/α,β-unsaturated/α-hetero) is 1. The lowest BCUT2D eigenvalue weighted by atomic mass is 9.73. The Morgan fingerprint density at radius 1 is 0.920 bits per heavy atom. The highest BCUT2D eigenvalue weighted by Gasteiger charge is 2.40. The van der Waals surface area contributed by atoms with E-state index in [2.05, 4.69) is 0 Å². The molecule has 0 heterocycles. The number of hydrogen-bond acceptors (Lipinski definition) is 5. The third kappa shape index (κ3) is 2.05. The molecule has 0 radical (unpaired) electrons. The topological polar surface area (TPSA) is 91.7 Å². The van der Waals surface area contributed by atoms with E-state index < -0.39 is 11.6 Å². The van der Waals surface area contributed by atoms with Crippen molar-refractivity contribution in [2.75, 3.05) is 0 Å². The molecule has 0 saturated carbocycles. The van der Waals surface area contributed by atoms with Crippen LogP contribution in [0.5, 0.6) is 11.5 Å². The van der Waals surface area contributed by atoms with Gasteiger partial charge in [0.25, 0.3) is 0 Å². The summed E-state index contributed by atoms with van der Waals surface area (Å²) in [5.74, 6) is -1.76. The largest absolute Gasteiger partial charge is 0.507 e. The number of carbonyl (C=O) groups is 3. The SMILES string of the molecule is CCC1CC(=O)c2c(cc(O)c3c2C(=O)c2cccc(O)c2C3=O)C1. The molecule has 25 heavy (non-hydrogen) atoms. The van der Waals surface area contributed by atoms with E-state index in [-0.39, 0.29) is 51.0 Å². The minimum Gasteiger partial charge on any atom is -0.507 e. The van der Waals surface area contributed by atoms with Crippen molar-refractivity contribution in [2.45, 2.75) is 26.2 Å². The molecule has 2 aliphatic rings. The van der Waals surface area contributed by atoms with Gasteiger partial charge in [-0.1, -0.05) is 25.5 Å². The second kappa shape index (κ2) is 5.28. The van der Waals surface area contributed by atoms with Gasteiger partial charge >= 0.3 is 0 Å². The molecule has 0 spiro atoms. The first-order chi connectivity index (χ1) is 11.9. The summed E-state index contributed by atoms with van der Waals surface area (Å²) in [7, 11) is 0. The van der Waals surface area contributed by atoms with E-state index in [0.29, 0.717) is 18.4 Å². The van der Waals surface area contributed by atoms with Crippen LogP contribution in [0.25, 0.3) is 0 Å². The van der Waals surface area contributed by atoms with Gasteiger partial charge in [-0.3, -0.25) is 14.4 Å². The van der Waals surface area contributed by atoms with Gasteiger partial charge in [0.15, 0.2) is 11.6 Å². The van der Waals surface area contributed by atoms with Crippen LogP contribution in [0.15, 0.2) is 24.3 Å². The molecule has 2 aliphatic carbocycles. The number of ketones is 3. The molecular weight excluding hydrogens is 320 g/mol. The molecule has 2 N–H and O–H groups in total. The van der Waals surface area contributed by atoms with Gasteiger partial charge in [-0.15, -0.1) is 0 Å². The van der Waals surface area contributed by atoms with Crippen LogP contribution in [0.4, 0.5) is 0 Å². The van der Waals surface area contributed by atoms with E-state index in [1.54, 1.807) is 0 Å². The zero-order valence-corrected chi connectivity index (χ0v) is 13.6. The third-order valence-corrected chi connectivity index (χ3v) is 5.20. The summed E-state index contributed by atoms with van der Waals surface area (Å²) in [4.78, 5) is 38.5. The third-order valence-electron chi connectivity index (χ3n) is 5.20. The molecular formula is C20H16O5. The van der Waals surface area contributed by atoms with Gasteiger partial charge in [0, 0.05) is 23.1 Å². The van der Waals surface area contributed by atoms with Crippen LogP contribution in [-0.4, -0.2) is 27.6 Å². The molecule has 5 nitrogen and oxygen atoms in total. The molecule has 1 unspecified atom stereocenters. The number of hydrogen-bond donors (Lipinski definition) is 2. The summed E-state index contributed by atoms with van der Waals surface area (Å²) in [5, 5.41) is 20.4. The van der Waals surface area contributed by atoms with Crippen molar-refractivity contribution in [3.8, 4) is 11.5 Å². The molecule has 4 rings (SSSR count). The first-order valence-electron chi connectivity index (χ1n) is 8.27. The predicted molar refractivity (Wildman–Crippen MR) is 89.5 cm³/mol. The van der Waals surface area contributed by atoms with Crippen molar-refractivity contribution in [1.82, 2.24) is 0 Å². The van der Waals surface area contributed by atoms with Crippen molar-refractivity contribution in [3.05, 3.63) is 57.6 Å². The van der Waals surface area contributed by atoms with Gasteiger partial charge in [-0.2, -0.15) is 0 Å². The summed E-state index contributed by atoms with van der Waals surface area (Å²) in [6, 6.07) is 5.68. The number of benzene rings is 2. The average Bonchev–Trinajstić information content (AvgIpc) is 2.58. The number of fused-ring (bicyclic) bond motifs is 4. The minimum atomic E-state index is -0.631. The highest BCUT2D eigenvalue weighted by Crippen LogP contribution is 2.42. The van der Waals surface area contributed by atoms with Crippen molar-refractivity contribution >= 4 is 17.3 Å². The Morgan fingerprint density at radius 2 is 1.68 bits per heavy atom. The first-order valence-corrected chi connectivity index (χ1v) is 8.27. The maximum Gasteiger partial charge on any atom is 0.201 e. The zero-order chi connectivity index (χ0) is 17.9. The highest BCUT2D eigenvalue weighted by molar-refractivity contribution is 6.32. The zero-order valence-electron chi connectivity index (χ0n) is 13.6. The van der Waals surface area contributed by atoms with Gasteiger partial charge < -0.3 is 10.2 Å². The summed E-state index contributed by atoms with van der Waals surface area (Å²) >= 11 is 0. The summed E-state index contributed by atoms with van der Waals surface area (Å²) < 4.78 is 0. The molecule has 0 bridgehead atoms. The number of carbonyl (C=O) groups excluding carboxylic acids is 3. The summed E-state index contributed by atoms with van der Waals surface area (Å²) in [6.45, 7) is 1.99. The Morgan fingerprint density at radius 3 is 2.40 bits per heavy atom.